The standard InChI is InChI=1S/C28H26N2O4S/c1-17-7-5-8-18(2)25(17)29-28-30(26-19(3)9-6-10-20(26)4)27(33)23(35-28)15-21-11-13-22(14-12-21)34-16-24(31)32/h5-15H,16H2,1-4H3,(H,31,32)/p-1. The Morgan fingerprint density at radius 1 is 0.943 bits per heavy atom. The van der Waals surface area contributed by atoms with E-state index in [1.165, 1.54) is 11.8 Å². The number of benzene rings is 3. The zero-order valence-corrected chi connectivity index (χ0v) is 20.8. The first kappa shape index (κ1) is 24.3. The van der Waals surface area contributed by atoms with Gasteiger partial charge in [-0.15, -0.1) is 0 Å². The fraction of sp³-hybridized carbons (Fsp3) is 0.179. The molecule has 35 heavy (non-hydrogen) atoms. The molecule has 0 saturated carbocycles. The second kappa shape index (κ2) is 10.2. The third kappa shape index (κ3) is 5.30. The first-order valence-corrected chi connectivity index (χ1v) is 11.9. The van der Waals surface area contributed by atoms with Crippen molar-refractivity contribution in [1.29, 1.82) is 0 Å². The summed E-state index contributed by atoms with van der Waals surface area (Å²) in [5, 5.41) is 11.2. The van der Waals surface area contributed by atoms with Crippen molar-refractivity contribution in [3.8, 4) is 5.75 Å². The highest BCUT2D eigenvalue weighted by molar-refractivity contribution is 8.19. The van der Waals surface area contributed by atoms with Crippen molar-refractivity contribution < 1.29 is 19.4 Å². The van der Waals surface area contributed by atoms with Gasteiger partial charge in [-0.1, -0.05) is 48.5 Å². The van der Waals surface area contributed by atoms with Crippen LogP contribution in [0.25, 0.3) is 6.08 Å². The highest BCUT2D eigenvalue weighted by Gasteiger charge is 2.36. The Balaban J connectivity index is 1.75. The molecular weight excluding hydrogens is 460 g/mol. The Labute approximate surface area is 209 Å². The van der Waals surface area contributed by atoms with Crippen molar-refractivity contribution in [2.75, 3.05) is 11.5 Å². The van der Waals surface area contributed by atoms with Crippen LogP contribution in [0.3, 0.4) is 0 Å². The molecule has 0 atom stereocenters. The van der Waals surface area contributed by atoms with Crippen LogP contribution in [0.4, 0.5) is 11.4 Å². The molecule has 1 aliphatic heterocycles. The van der Waals surface area contributed by atoms with E-state index in [-0.39, 0.29) is 5.91 Å². The molecule has 178 valence electrons. The molecule has 1 fully saturated rings. The number of ether oxygens (including phenoxy) is 1. The number of amides is 1. The number of carboxylic acids is 1. The Hall–Kier alpha value is -3.84. The third-order valence-corrected chi connectivity index (χ3v) is 6.62. The van der Waals surface area contributed by atoms with Crippen molar-refractivity contribution in [1.82, 2.24) is 0 Å². The maximum atomic E-state index is 13.7. The van der Waals surface area contributed by atoms with Gasteiger partial charge >= 0.3 is 0 Å². The van der Waals surface area contributed by atoms with Gasteiger partial charge in [-0.05, 0) is 85.5 Å². The number of hydrogen-bond acceptors (Lipinski definition) is 6. The van der Waals surface area contributed by atoms with Crippen LogP contribution < -0.4 is 14.7 Å². The van der Waals surface area contributed by atoms with Crippen molar-refractivity contribution in [3.05, 3.63) is 93.4 Å². The lowest BCUT2D eigenvalue weighted by Crippen LogP contribution is -2.30. The van der Waals surface area contributed by atoms with Gasteiger partial charge in [0.2, 0.25) is 0 Å². The minimum absolute atomic E-state index is 0.144. The SMILES string of the molecule is Cc1cccc(C)c1N=C1SC(=Cc2ccc(OCC(=O)[O-])cc2)C(=O)N1c1c(C)cccc1C. The fourth-order valence-electron chi connectivity index (χ4n) is 3.94. The van der Waals surface area contributed by atoms with Gasteiger partial charge in [-0.2, -0.15) is 0 Å². The second-order valence-electron chi connectivity index (χ2n) is 8.36. The van der Waals surface area contributed by atoms with Gasteiger partial charge in [0, 0.05) is 0 Å². The molecule has 0 radical (unpaired) electrons. The molecule has 0 aromatic heterocycles. The average Bonchev–Trinajstić information content (AvgIpc) is 3.10. The number of thioether (sulfide) groups is 1. The Bertz CT molecular complexity index is 1320. The molecular formula is C28H25N2O4S-. The van der Waals surface area contributed by atoms with Gasteiger partial charge in [0.05, 0.1) is 22.2 Å². The number of rotatable bonds is 6. The first-order valence-electron chi connectivity index (χ1n) is 11.1. The Kier molecular flexibility index (Phi) is 7.07. The highest BCUT2D eigenvalue weighted by Crippen LogP contribution is 2.40. The van der Waals surface area contributed by atoms with Gasteiger partial charge < -0.3 is 14.6 Å². The van der Waals surface area contributed by atoms with Crippen molar-refractivity contribution in [3.63, 3.8) is 0 Å². The summed E-state index contributed by atoms with van der Waals surface area (Å²) < 4.78 is 5.14. The lowest BCUT2D eigenvalue weighted by atomic mass is 10.1. The number of aliphatic imine (C=N–C) groups is 1. The summed E-state index contributed by atoms with van der Waals surface area (Å²) >= 11 is 1.33. The van der Waals surface area contributed by atoms with Crippen LogP contribution in [0, 0.1) is 27.7 Å². The second-order valence-corrected chi connectivity index (χ2v) is 9.37. The largest absolute Gasteiger partial charge is 0.546 e. The number of carbonyl (C=O) groups is 2. The molecule has 1 saturated heterocycles. The van der Waals surface area contributed by atoms with E-state index in [0.29, 0.717) is 15.8 Å². The number of hydrogen-bond donors (Lipinski definition) is 0. The molecule has 0 spiro atoms. The van der Waals surface area contributed by atoms with E-state index < -0.39 is 12.6 Å². The Morgan fingerprint density at radius 3 is 2.09 bits per heavy atom. The smallest absolute Gasteiger partial charge is 0.271 e. The summed E-state index contributed by atoms with van der Waals surface area (Å²) in [5.74, 6) is -1.02. The summed E-state index contributed by atoms with van der Waals surface area (Å²) in [4.78, 5) is 31.5. The zero-order valence-electron chi connectivity index (χ0n) is 20.0. The molecule has 7 heteroatoms. The van der Waals surface area contributed by atoms with Crippen molar-refractivity contribution in [2.45, 2.75) is 27.7 Å². The predicted molar refractivity (Wildman–Crippen MR) is 139 cm³/mol. The number of anilines is 1. The van der Waals surface area contributed by atoms with Crippen molar-refractivity contribution >= 4 is 46.3 Å². The minimum Gasteiger partial charge on any atom is -0.546 e. The minimum atomic E-state index is -1.29. The van der Waals surface area contributed by atoms with Gasteiger partial charge in [0.15, 0.2) is 5.17 Å². The number of carbonyl (C=O) groups excluding carboxylic acids is 2. The van der Waals surface area contributed by atoms with E-state index in [0.717, 1.165) is 39.2 Å². The van der Waals surface area contributed by atoms with Crippen LogP contribution >= 0.6 is 11.8 Å². The van der Waals surface area contributed by atoms with Gasteiger partial charge in [0.1, 0.15) is 12.4 Å². The summed E-state index contributed by atoms with van der Waals surface area (Å²) in [5.41, 5.74) is 6.54. The number of aliphatic carboxylic acids is 1. The molecule has 3 aromatic rings. The number of carboxylic acid groups (broad SMARTS) is 1. The van der Waals surface area contributed by atoms with E-state index in [1.807, 2.05) is 70.2 Å². The number of para-hydroxylation sites is 2. The van der Waals surface area contributed by atoms with Crippen LogP contribution in [-0.4, -0.2) is 23.7 Å². The molecule has 1 amide bonds. The number of amidine groups is 1. The van der Waals surface area contributed by atoms with E-state index in [2.05, 4.69) is 0 Å². The molecule has 0 aliphatic carbocycles. The summed E-state index contributed by atoms with van der Waals surface area (Å²) in [6.07, 6.45) is 1.81. The first-order chi connectivity index (χ1) is 16.7. The molecule has 3 aromatic carbocycles. The van der Waals surface area contributed by atoms with E-state index >= 15 is 0 Å². The normalized spacial score (nSPS) is 15.8. The topological polar surface area (TPSA) is 82.0 Å². The quantitative estimate of drug-likeness (QED) is 0.466. The molecule has 0 N–H and O–H groups in total. The monoisotopic (exact) mass is 485 g/mol. The van der Waals surface area contributed by atoms with Crippen LogP contribution in [0.15, 0.2) is 70.6 Å². The molecule has 1 aliphatic rings. The third-order valence-electron chi connectivity index (χ3n) is 5.65. The molecule has 0 unspecified atom stereocenters. The lowest BCUT2D eigenvalue weighted by Gasteiger charge is -2.21. The fourth-order valence-corrected chi connectivity index (χ4v) is 4.91. The lowest BCUT2D eigenvalue weighted by molar-refractivity contribution is -0.307. The Morgan fingerprint density at radius 2 is 1.51 bits per heavy atom. The summed E-state index contributed by atoms with van der Waals surface area (Å²) in [6, 6.07) is 18.8. The summed E-state index contributed by atoms with van der Waals surface area (Å²) in [6.45, 7) is 7.49. The van der Waals surface area contributed by atoms with Crippen molar-refractivity contribution in [2.24, 2.45) is 4.99 Å². The summed E-state index contributed by atoms with van der Waals surface area (Å²) in [7, 11) is 0. The molecule has 4 rings (SSSR count). The zero-order chi connectivity index (χ0) is 25.1. The van der Waals surface area contributed by atoms with Crippen LogP contribution in [0.2, 0.25) is 0 Å². The van der Waals surface area contributed by atoms with Gasteiger partial charge in [0.25, 0.3) is 5.91 Å². The van der Waals surface area contributed by atoms with Gasteiger partial charge in [-0.25, -0.2) is 4.99 Å². The van der Waals surface area contributed by atoms with Gasteiger partial charge in [-0.3, -0.25) is 9.69 Å². The van der Waals surface area contributed by atoms with Crippen LogP contribution in [0.5, 0.6) is 5.75 Å². The number of aryl methyl sites for hydroxylation is 4. The molecule has 0 bridgehead atoms. The van der Waals surface area contributed by atoms with E-state index in [9.17, 15) is 14.7 Å². The van der Waals surface area contributed by atoms with E-state index in [4.69, 9.17) is 9.73 Å². The average molecular weight is 486 g/mol. The van der Waals surface area contributed by atoms with Crippen LogP contribution in [-0.2, 0) is 9.59 Å². The predicted octanol–water partition coefficient (Wildman–Crippen LogP) is 4.86. The van der Waals surface area contributed by atoms with E-state index in [1.54, 1.807) is 29.2 Å². The maximum absolute atomic E-state index is 13.7. The number of nitrogens with zero attached hydrogens (tertiary/aromatic N) is 2. The highest BCUT2D eigenvalue weighted by atomic mass is 32.2. The maximum Gasteiger partial charge on any atom is 0.271 e. The molecule has 6 nitrogen and oxygen atoms in total. The molecule has 1 heterocycles. The van der Waals surface area contributed by atoms with Crippen LogP contribution in [0.1, 0.15) is 27.8 Å².